The van der Waals surface area contributed by atoms with Crippen molar-refractivity contribution in [2.45, 2.75) is 38.5 Å². The fourth-order valence-corrected chi connectivity index (χ4v) is 14.2. The van der Waals surface area contributed by atoms with Crippen LogP contribution in [0.4, 0.5) is 17.1 Å². The molecule has 0 atom stereocenters. The van der Waals surface area contributed by atoms with Crippen molar-refractivity contribution >= 4 is 59.3 Å². The van der Waals surface area contributed by atoms with Gasteiger partial charge in [0.1, 0.15) is 0 Å². The third-order valence-electron chi connectivity index (χ3n) is 16.6. The Balaban J connectivity index is 0.853. The van der Waals surface area contributed by atoms with Crippen LogP contribution in [0.1, 0.15) is 49.9 Å². The maximum absolute atomic E-state index is 2.50. The van der Waals surface area contributed by atoms with Crippen LogP contribution in [-0.4, -0.2) is 0 Å². The lowest BCUT2D eigenvalue weighted by atomic mass is 9.81. The van der Waals surface area contributed by atoms with E-state index in [2.05, 4.69) is 257 Å². The van der Waals surface area contributed by atoms with Gasteiger partial charge in [-0.25, -0.2) is 0 Å². The van der Waals surface area contributed by atoms with Crippen molar-refractivity contribution in [1.82, 2.24) is 0 Å². The summed E-state index contributed by atoms with van der Waals surface area (Å²) in [7, 11) is 0. The molecule has 0 saturated carbocycles. The number of benzene rings is 11. The number of hydrogen-bond acceptors (Lipinski definition) is 2. The molecule has 1 heterocycles. The molecule has 11 aromatic carbocycles. The molecule has 0 radical (unpaired) electrons. The summed E-state index contributed by atoms with van der Waals surface area (Å²) < 4.78 is 2.69. The van der Waals surface area contributed by atoms with Gasteiger partial charge in [-0.05, 0) is 166 Å². The van der Waals surface area contributed by atoms with E-state index in [4.69, 9.17) is 0 Å². The summed E-state index contributed by atoms with van der Waals surface area (Å²) >= 11 is 1.90. The molecular formula is C70H49NS. The third-order valence-corrected chi connectivity index (χ3v) is 17.9. The number of rotatable bonds is 6. The van der Waals surface area contributed by atoms with Crippen molar-refractivity contribution in [1.29, 1.82) is 0 Å². The van der Waals surface area contributed by atoms with Gasteiger partial charge in [0.15, 0.2) is 0 Å². The van der Waals surface area contributed by atoms with E-state index in [1.807, 2.05) is 11.3 Å². The molecular weight excluding hydrogens is 887 g/mol. The molecule has 0 saturated heterocycles. The summed E-state index contributed by atoms with van der Waals surface area (Å²) in [6.45, 7) is 9.63. The summed E-state index contributed by atoms with van der Waals surface area (Å²) in [5, 5.41) is 5.32. The zero-order valence-corrected chi connectivity index (χ0v) is 41.5. The van der Waals surface area contributed by atoms with E-state index in [1.54, 1.807) is 0 Å². The van der Waals surface area contributed by atoms with Gasteiger partial charge in [-0.3, -0.25) is 0 Å². The predicted octanol–water partition coefficient (Wildman–Crippen LogP) is 19.9. The normalized spacial score (nSPS) is 14.1. The molecule has 3 aliphatic carbocycles. The van der Waals surface area contributed by atoms with Gasteiger partial charge in [0.05, 0.1) is 0 Å². The standard InChI is InChI=1S/C70H49NS/c1-69(2)62-38-44(42-14-6-5-7-15-42)26-32-53(62)55-34-30-47(40-64(55)69)71(46-28-24-43(25-29-46)49-36-37-60-52-17-9-8-16-51(52)59-21-13-20-58(49)67(59)60)48-31-35-56-54-33-27-45(39-63(54)70(3,4)65(56)41-48)50-19-12-22-61-57-18-10-11-23-66(57)72-68(50)61/h5-41H,1-4H3. The predicted molar refractivity (Wildman–Crippen MR) is 307 cm³/mol. The van der Waals surface area contributed by atoms with Gasteiger partial charge in [0.2, 0.25) is 0 Å². The molecule has 0 amide bonds. The van der Waals surface area contributed by atoms with Gasteiger partial charge in [-0.1, -0.05) is 198 Å². The van der Waals surface area contributed by atoms with Crippen LogP contribution in [0.15, 0.2) is 224 Å². The summed E-state index contributed by atoms with van der Waals surface area (Å²) in [6.07, 6.45) is 0. The molecule has 0 bridgehead atoms. The summed E-state index contributed by atoms with van der Waals surface area (Å²) in [5.41, 5.74) is 26.6. The van der Waals surface area contributed by atoms with E-state index < -0.39 is 0 Å². The molecule has 1 aromatic heterocycles. The van der Waals surface area contributed by atoms with E-state index >= 15 is 0 Å². The highest BCUT2D eigenvalue weighted by Crippen LogP contribution is 2.55. The first-order chi connectivity index (χ1) is 35.2. The minimum Gasteiger partial charge on any atom is -0.310 e. The van der Waals surface area contributed by atoms with Crippen LogP contribution in [-0.2, 0) is 10.8 Å². The zero-order valence-electron chi connectivity index (χ0n) is 40.7. The first kappa shape index (κ1) is 41.5. The summed E-state index contributed by atoms with van der Waals surface area (Å²) in [4.78, 5) is 2.50. The van der Waals surface area contributed by atoms with Crippen LogP contribution in [0.25, 0.3) is 109 Å². The first-order valence-corrected chi connectivity index (χ1v) is 26.1. The average molecular weight is 936 g/mol. The Morgan fingerprint density at radius 1 is 0.292 bits per heavy atom. The molecule has 0 N–H and O–H groups in total. The highest BCUT2D eigenvalue weighted by Gasteiger charge is 2.39. The molecule has 2 heteroatoms. The largest absolute Gasteiger partial charge is 0.310 e. The van der Waals surface area contributed by atoms with Crippen molar-refractivity contribution in [2.24, 2.45) is 0 Å². The molecule has 1 nitrogen and oxygen atoms in total. The van der Waals surface area contributed by atoms with Gasteiger partial charge in [0.25, 0.3) is 0 Å². The van der Waals surface area contributed by atoms with Gasteiger partial charge in [0, 0.05) is 48.1 Å². The lowest BCUT2D eigenvalue weighted by Crippen LogP contribution is -2.18. The fraction of sp³-hybridized carbons (Fsp3) is 0.0857. The quantitative estimate of drug-likeness (QED) is 0.161. The first-order valence-electron chi connectivity index (χ1n) is 25.3. The van der Waals surface area contributed by atoms with Crippen LogP contribution in [0.2, 0.25) is 0 Å². The molecule has 340 valence electrons. The molecule has 15 rings (SSSR count). The SMILES string of the molecule is CC1(C)c2cc(-c3ccccc3)ccc2-c2ccc(N(c3ccc(-c4ccc5c6c(cccc46)-c4ccccc4-5)cc3)c3ccc4c(c3)C(C)(C)c3cc(-c5cccc6c5sc5ccccc56)ccc3-4)cc21. The van der Waals surface area contributed by atoms with Gasteiger partial charge < -0.3 is 4.90 Å². The van der Waals surface area contributed by atoms with Crippen molar-refractivity contribution in [3.05, 3.63) is 247 Å². The number of anilines is 3. The Hall–Kier alpha value is -8.30. The van der Waals surface area contributed by atoms with Crippen LogP contribution in [0.3, 0.4) is 0 Å². The number of hydrogen-bond donors (Lipinski definition) is 0. The highest BCUT2D eigenvalue weighted by atomic mass is 32.1. The average Bonchev–Trinajstić information content (AvgIpc) is 4.10. The number of thiophene rings is 1. The highest BCUT2D eigenvalue weighted by molar-refractivity contribution is 7.26. The van der Waals surface area contributed by atoms with Crippen LogP contribution >= 0.6 is 11.3 Å². The Labute approximate surface area is 425 Å². The topological polar surface area (TPSA) is 3.24 Å². The molecule has 12 aromatic rings. The smallest absolute Gasteiger partial charge is 0.0465 e. The van der Waals surface area contributed by atoms with Gasteiger partial charge in [-0.2, -0.15) is 0 Å². The minimum absolute atomic E-state index is 0.199. The Bertz CT molecular complexity index is 4230. The zero-order chi connectivity index (χ0) is 48.0. The van der Waals surface area contributed by atoms with Crippen molar-refractivity contribution in [3.63, 3.8) is 0 Å². The van der Waals surface area contributed by atoms with Crippen LogP contribution in [0.5, 0.6) is 0 Å². The monoisotopic (exact) mass is 935 g/mol. The van der Waals surface area contributed by atoms with Crippen LogP contribution in [0, 0.1) is 0 Å². The molecule has 0 aliphatic heterocycles. The maximum Gasteiger partial charge on any atom is 0.0465 e. The van der Waals surface area contributed by atoms with E-state index in [-0.39, 0.29) is 10.8 Å². The van der Waals surface area contributed by atoms with Crippen molar-refractivity contribution in [2.75, 3.05) is 4.90 Å². The van der Waals surface area contributed by atoms with Gasteiger partial charge in [-0.15, -0.1) is 11.3 Å². The fourth-order valence-electron chi connectivity index (χ4n) is 13.0. The lowest BCUT2D eigenvalue weighted by Gasteiger charge is -2.30. The third kappa shape index (κ3) is 5.88. The number of fused-ring (bicyclic) bond motifs is 12. The molecule has 72 heavy (non-hydrogen) atoms. The van der Waals surface area contributed by atoms with E-state index in [9.17, 15) is 0 Å². The second-order valence-corrected chi connectivity index (χ2v) is 22.2. The van der Waals surface area contributed by atoms with E-state index in [0.717, 1.165) is 17.1 Å². The number of nitrogens with zero attached hydrogens (tertiary/aromatic N) is 1. The van der Waals surface area contributed by atoms with Crippen molar-refractivity contribution in [3.8, 4) is 77.9 Å². The molecule has 3 aliphatic rings. The Morgan fingerprint density at radius 3 is 1.43 bits per heavy atom. The summed E-state index contributed by atoms with van der Waals surface area (Å²) in [6, 6.07) is 84.7. The molecule has 0 fully saturated rings. The molecule has 0 spiro atoms. The van der Waals surface area contributed by atoms with E-state index in [0.29, 0.717) is 0 Å². The Kier molecular flexibility index (Phi) is 8.70. The van der Waals surface area contributed by atoms with E-state index in [1.165, 1.54) is 131 Å². The van der Waals surface area contributed by atoms with Gasteiger partial charge >= 0.3 is 0 Å². The molecule has 0 unspecified atom stereocenters. The lowest BCUT2D eigenvalue weighted by molar-refractivity contribution is 0.660. The summed E-state index contributed by atoms with van der Waals surface area (Å²) in [5.74, 6) is 0. The maximum atomic E-state index is 2.50. The van der Waals surface area contributed by atoms with Crippen LogP contribution < -0.4 is 4.90 Å². The van der Waals surface area contributed by atoms with Crippen molar-refractivity contribution < 1.29 is 0 Å². The second kappa shape index (κ2) is 15.1. The second-order valence-electron chi connectivity index (χ2n) is 21.2. The Morgan fingerprint density at radius 2 is 0.750 bits per heavy atom. The minimum atomic E-state index is -0.228.